The van der Waals surface area contributed by atoms with Crippen LogP contribution in [0.3, 0.4) is 0 Å². The first-order valence-corrected chi connectivity index (χ1v) is 17.4. The van der Waals surface area contributed by atoms with Gasteiger partial charge in [0.25, 0.3) is 15.9 Å². The molecule has 46 heavy (non-hydrogen) atoms. The van der Waals surface area contributed by atoms with Crippen molar-refractivity contribution >= 4 is 44.3 Å². The maximum Gasteiger partial charge on any atom is 0.352 e. The highest BCUT2D eigenvalue weighted by molar-refractivity contribution is 7.93. The first-order chi connectivity index (χ1) is 21.8. The molecule has 0 spiro atoms. The number of carbonyl (C=O) groups is 3. The Kier molecular flexibility index (Phi) is 7.13. The molecule has 4 atom stereocenters. The Morgan fingerprint density at radius 2 is 1.76 bits per heavy atom. The number of piperazine rings is 3. The number of quaternary nitrogens is 2. The topological polar surface area (TPSA) is 158 Å². The van der Waals surface area contributed by atoms with Gasteiger partial charge < -0.3 is 29.8 Å². The molecule has 4 saturated heterocycles. The molecular formula is C33H41N5O7S+2. The smallest absolute Gasteiger partial charge is 0.352 e. The van der Waals surface area contributed by atoms with Gasteiger partial charge in [-0.15, -0.1) is 0 Å². The molecule has 0 aliphatic carbocycles. The number of benzene rings is 2. The number of primary amides is 1. The van der Waals surface area contributed by atoms with Crippen LogP contribution in [0.2, 0.25) is 0 Å². The summed E-state index contributed by atoms with van der Waals surface area (Å²) in [7, 11) is -3.85. The van der Waals surface area contributed by atoms with E-state index in [2.05, 4.69) is 0 Å². The lowest BCUT2D eigenvalue weighted by molar-refractivity contribution is -1.08. The van der Waals surface area contributed by atoms with E-state index in [1.165, 1.54) is 16.1 Å². The molecule has 2 bridgehead atoms. The van der Waals surface area contributed by atoms with Crippen LogP contribution in [0.15, 0.2) is 58.6 Å². The number of carboxylic acid groups (broad SMARTS) is 1. The first-order valence-electron chi connectivity index (χ1n) is 16.0. The zero-order chi connectivity index (χ0) is 32.8. The van der Waals surface area contributed by atoms with E-state index in [9.17, 15) is 33.0 Å². The van der Waals surface area contributed by atoms with E-state index < -0.39 is 40.0 Å². The van der Waals surface area contributed by atoms with Gasteiger partial charge in [0.15, 0.2) is 6.54 Å². The molecule has 2 aromatic carbocycles. The largest absolute Gasteiger partial charge is 0.477 e. The number of fused-ring (bicyclic) bond motifs is 4. The lowest BCUT2D eigenvalue weighted by Crippen LogP contribution is -2.76. The molecule has 4 fully saturated rings. The Morgan fingerprint density at radius 1 is 1.09 bits per heavy atom. The minimum absolute atomic E-state index is 0.00166. The van der Waals surface area contributed by atoms with Gasteiger partial charge in [-0.25, -0.2) is 13.2 Å². The number of nitrogens with two attached hydrogens (primary N) is 1. The molecule has 6 aliphatic rings. The number of aliphatic carboxylic acids is 1. The normalized spacial score (nSPS) is 31.5. The minimum atomic E-state index is -3.85. The fourth-order valence-corrected chi connectivity index (χ4v) is 10.4. The molecule has 6 aliphatic heterocycles. The standard InChI is InChI=1S/C33H39N5O7S/c1-20-23(31(33(42)43)36-30(20)28(21(2)39)32(36)41)6-4-11-35-25-7-3-5-24-22(8-9-26(29(24)25)46(35,44)45)10-12-37-13-16-38(17-14-37,18-15-37)19-27(34)40/h3-9,20-21,28,30,39H,10-19H2,1-2H3,(H-2,34,40,42,43)/p+2/b6-4+/t20-,21+,28+,30+,37?,38?/m0/s1. The number of amides is 2. The first kappa shape index (κ1) is 30.9. The number of sulfonamides is 1. The molecule has 0 unspecified atom stereocenters. The van der Waals surface area contributed by atoms with Crippen LogP contribution in [0, 0.1) is 11.8 Å². The molecule has 2 aromatic rings. The van der Waals surface area contributed by atoms with Crippen LogP contribution in [-0.2, 0) is 30.8 Å². The third-order valence-corrected chi connectivity index (χ3v) is 13.2. The molecule has 6 heterocycles. The molecule has 0 saturated carbocycles. The summed E-state index contributed by atoms with van der Waals surface area (Å²) in [4.78, 5) is 38.0. The predicted octanol–water partition coefficient (Wildman–Crippen LogP) is 0.790. The molecule has 0 aromatic heterocycles. The van der Waals surface area contributed by atoms with Crippen molar-refractivity contribution in [3.63, 3.8) is 0 Å². The number of carbonyl (C=O) groups excluding carboxylic acids is 2. The summed E-state index contributed by atoms with van der Waals surface area (Å²) in [5.41, 5.74) is 7.56. The van der Waals surface area contributed by atoms with Crippen molar-refractivity contribution in [3.05, 3.63) is 59.3 Å². The van der Waals surface area contributed by atoms with E-state index in [4.69, 9.17) is 5.73 Å². The Bertz CT molecular complexity index is 1830. The summed E-state index contributed by atoms with van der Waals surface area (Å²) in [6.07, 6.45) is 3.17. The Morgan fingerprint density at radius 3 is 2.39 bits per heavy atom. The highest BCUT2D eigenvalue weighted by atomic mass is 32.2. The summed E-state index contributed by atoms with van der Waals surface area (Å²) in [5, 5.41) is 21.7. The van der Waals surface area contributed by atoms with Gasteiger partial charge in [0.05, 0.1) is 41.7 Å². The van der Waals surface area contributed by atoms with Crippen molar-refractivity contribution in [1.29, 1.82) is 0 Å². The van der Waals surface area contributed by atoms with E-state index in [0.717, 1.165) is 72.1 Å². The highest BCUT2D eigenvalue weighted by Crippen LogP contribution is 2.48. The number of nitrogens with zero attached hydrogens (tertiary/aromatic N) is 4. The molecule has 0 radical (unpaired) electrons. The summed E-state index contributed by atoms with van der Waals surface area (Å²) in [5.74, 6) is -2.87. The summed E-state index contributed by atoms with van der Waals surface area (Å²) in [6.45, 7) is 10.6. The number of aliphatic hydroxyl groups excluding tert-OH is 1. The minimum Gasteiger partial charge on any atom is -0.477 e. The van der Waals surface area contributed by atoms with E-state index >= 15 is 0 Å². The second kappa shape index (κ2) is 10.6. The zero-order valence-electron chi connectivity index (χ0n) is 26.1. The van der Waals surface area contributed by atoms with Gasteiger partial charge in [0, 0.05) is 17.7 Å². The highest BCUT2D eigenvalue weighted by Gasteiger charge is 2.59. The fraction of sp³-hybridized carbons (Fsp3) is 0.485. The lowest BCUT2D eigenvalue weighted by Gasteiger charge is -2.55. The maximum atomic E-state index is 13.8. The quantitative estimate of drug-likeness (QED) is 0.253. The molecular weight excluding hydrogens is 610 g/mol. The van der Waals surface area contributed by atoms with E-state index in [0.29, 0.717) is 23.2 Å². The van der Waals surface area contributed by atoms with Gasteiger partial charge in [-0.2, -0.15) is 0 Å². The zero-order valence-corrected chi connectivity index (χ0v) is 26.9. The van der Waals surface area contributed by atoms with Crippen LogP contribution in [0.5, 0.6) is 0 Å². The van der Waals surface area contributed by atoms with Gasteiger partial charge in [-0.05, 0) is 35.6 Å². The molecule has 2 amide bonds. The molecule has 244 valence electrons. The van der Waals surface area contributed by atoms with Crippen LogP contribution in [0.4, 0.5) is 5.69 Å². The second-order valence-electron chi connectivity index (χ2n) is 13.8. The van der Waals surface area contributed by atoms with E-state index in [1.807, 2.05) is 25.1 Å². The van der Waals surface area contributed by atoms with Crippen molar-refractivity contribution in [3.8, 4) is 0 Å². The number of carboxylic acids is 1. The van der Waals surface area contributed by atoms with E-state index in [-0.39, 0.29) is 29.0 Å². The van der Waals surface area contributed by atoms with E-state index in [1.54, 1.807) is 24.3 Å². The van der Waals surface area contributed by atoms with Gasteiger partial charge in [0.1, 0.15) is 45.0 Å². The van der Waals surface area contributed by atoms with Gasteiger partial charge in [-0.3, -0.25) is 13.9 Å². The van der Waals surface area contributed by atoms with Crippen LogP contribution in [0.25, 0.3) is 10.8 Å². The number of allylic oxidation sites excluding steroid dienone is 1. The summed E-state index contributed by atoms with van der Waals surface area (Å²) < 4.78 is 30.8. The molecule has 4 N–H and O–H groups in total. The fourth-order valence-electron chi connectivity index (χ4n) is 8.79. The Labute approximate surface area is 268 Å². The van der Waals surface area contributed by atoms with Crippen LogP contribution < -0.4 is 10.0 Å². The number of rotatable bonds is 10. The van der Waals surface area contributed by atoms with Gasteiger partial charge >= 0.3 is 5.97 Å². The van der Waals surface area contributed by atoms with Crippen LogP contribution in [0.1, 0.15) is 19.4 Å². The van der Waals surface area contributed by atoms with Crippen molar-refractivity contribution in [2.75, 3.05) is 63.2 Å². The monoisotopic (exact) mass is 651 g/mol. The molecule has 8 rings (SSSR count). The van der Waals surface area contributed by atoms with Crippen molar-refractivity contribution in [2.24, 2.45) is 17.6 Å². The van der Waals surface area contributed by atoms with Crippen molar-refractivity contribution in [2.45, 2.75) is 37.3 Å². The lowest BCUT2D eigenvalue weighted by atomic mass is 9.78. The number of hydrogen-bond donors (Lipinski definition) is 3. The third kappa shape index (κ3) is 4.50. The SMILES string of the molecule is C[C@@H](O)[C@H]1C(=O)N2C(C(=O)O)=C(/C=C/CN3c4cccc5c(CC[N+]67CC[N+](CC(N)=O)(CC6)CC7)ccc(c45)S3(=O)=O)[C@H](C)[C@H]12. The number of anilines is 1. The number of aliphatic hydroxyl groups is 1. The summed E-state index contributed by atoms with van der Waals surface area (Å²) >= 11 is 0. The summed E-state index contributed by atoms with van der Waals surface area (Å²) in [6, 6.07) is 8.86. The third-order valence-electron chi connectivity index (χ3n) is 11.4. The average Bonchev–Trinajstić information content (AvgIpc) is 3.38. The Balaban J connectivity index is 1.12. The second-order valence-corrected chi connectivity index (χ2v) is 15.7. The van der Waals surface area contributed by atoms with Gasteiger partial charge in [0.2, 0.25) is 5.91 Å². The van der Waals surface area contributed by atoms with Crippen molar-refractivity contribution < 1.29 is 42.0 Å². The van der Waals surface area contributed by atoms with Crippen molar-refractivity contribution in [1.82, 2.24) is 4.90 Å². The molecule has 13 heteroatoms. The van der Waals surface area contributed by atoms with Crippen LogP contribution >= 0.6 is 0 Å². The van der Waals surface area contributed by atoms with Crippen LogP contribution in [-0.4, -0.2) is 121 Å². The predicted molar refractivity (Wildman–Crippen MR) is 170 cm³/mol. The molecule has 12 nitrogen and oxygen atoms in total. The number of β-lactam (4-membered cyclic amide) rings is 1. The average molecular weight is 652 g/mol. The van der Waals surface area contributed by atoms with Gasteiger partial charge in [-0.1, -0.05) is 37.3 Å². The number of hydrogen-bond acceptors (Lipinski definition) is 6. The Hall–Kier alpha value is -3.78. The maximum absolute atomic E-state index is 13.8.